The number of carbonyl (C=O) groups excluding carboxylic acids is 1. The normalized spacial score (nSPS) is 10.5. The molecule has 1 aromatic heterocycles. The molecule has 122 valence electrons. The van der Waals surface area contributed by atoms with Crippen LogP contribution in [0.1, 0.15) is 39.6 Å². The Balaban J connectivity index is 2.20. The molecule has 23 heavy (non-hydrogen) atoms. The first-order chi connectivity index (χ1) is 11.0. The Labute approximate surface area is 133 Å². The molecule has 2 rings (SSSR count). The number of benzene rings is 1. The Bertz CT molecular complexity index is 709. The third-order valence-electron chi connectivity index (χ3n) is 3.16. The van der Waals surface area contributed by atoms with Crippen molar-refractivity contribution in [3.05, 3.63) is 47.3 Å². The Kier molecular flexibility index (Phi) is 5.48. The maximum absolute atomic E-state index is 12.2. The van der Waals surface area contributed by atoms with Crippen LogP contribution in [0, 0.1) is 0 Å². The van der Waals surface area contributed by atoms with Gasteiger partial charge in [0, 0.05) is 25.5 Å². The quantitative estimate of drug-likeness (QED) is 0.818. The van der Waals surface area contributed by atoms with Gasteiger partial charge in [-0.1, -0.05) is 6.92 Å². The summed E-state index contributed by atoms with van der Waals surface area (Å²) in [4.78, 5) is 23.4. The number of rotatable bonds is 7. The summed E-state index contributed by atoms with van der Waals surface area (Å²) < 4.78 is 6.71. The van der Waals surface area contributed by atoms with Gasteiger partial charge in [0.1, 0.15) is 0 Å². The molecule has 0 radical (unpaired) electrons. The zero-order chi connectivity index (χ0) is 16.8. The number of anilines is 1. The minimum absolute atomic E-state index is 0.0940. The number of amides is 1. The zero-order valence-corrected chi connectivity index (χ0v) is 13.1. The highest BCUT2D eigenvalue weighted by Gasteiger charge is 2.12. The van der Waals surface area contributed by atoms with E-state index in [0.29, 0.717) is 16.8 Å². The molecule has 0 atom stereocenters. The maximum atomic E-state index is 12.2. The van der Waals surface area contributed by atoms with Crippen molar-refractivity contribution in [2.45, 2.75) is 26.5 Å². The Hall–Kier alpha value is -2.67. The number of aromatic nitrogens is 2. The average molecular weight is 317 g/mol. The number of aromatic carboxylic acids is 1. The van der Waals surface area contributed by atoms with Crippen molar-refractivity contribution in [2.24, 2.45) is 0 Å². The topological polar surface area (TPSA) is 93.5 Å². The minimum atomic E-state index is -1.06. The summed E-state index contributed by atoms with van der Waals surface area (Å²) in [7, 11) is 1.52. The van der Waals surface area contributed by atoms with Gasteiger partial charge in [-0.3, -0.25) is 9.48 Å². The Morgan fingerprint density at radius 1 is 1.30 bits per heavy atom. The SMILES string of the molecule is CCCn1cc(C(=O)Nc2cc(COC)cc(C(=O)O)c2)cn1. The minimum Gasteiger partial charge on any atom is -0.478 e. The van der Waals surface area contributed by atoms with E-state index in [1.54, 1.807) is 16.9 Å². The number of nitrogens with one attached hydrogen (secondary N) is 1. The first-order valence-corrected chi connectivity index (χ1v) is 7.23. The molecule has 1 heterocycles. The lowest BCUT2D eigenvalue weighted by molar-refractivity contribution is 0.0696. The molecule has 1 amide bonds. The molecular weight excluding hydrogens is 298 g/mol. The van der Waals surface area contributed by atoms with Crippen LogP contribution in [0.2, 0.25) is 0 Å². The van der Waals surface area contributed by atoms with Gasteiger partial charge in [-0.15, -0.1) is 0 Å². The fourth-order valence-electron chi connectivity index (χ4n) is 2.17. The molecule has 2 N–H and O–H groups in total. The number of carboxylic acid groups (broad SMARTS) is 1. The second-order valence-corrected chi connectivity index (χ2v) is 5.10. The van der Waals surface area contributed by atoms with E-state index in [-0.39, 0.29) is 18.1 Å². The van der Waals surface area contributed by atoms with E-state index in [1.807, 2.05) is 6.92 Å². The summed E-state index contributed by atoms with van der Waals surface area (Å²) in [5.41, 5.74) is 1.60. The van der Waals surface area contributed by atoms with Gasteiger partial charge in [-0.2, -0.15) is 5.10 Å². The third kappa shape index (κ3) is 4.40. The third-order valence-corrected chi connectivity index (χ3v) is 3.16. The van der Waals surface area contributed by atoms with E-state index >= 15 is 0 Å². The van der Waals surface area contributed by atoms with Crippen LogP contribution in [0.15, 0.2) is 30.6 Å². The molecule has 7 nitrogen and oxygen atoms in total. The van der Waals surface area contributed by atoms with Gasteiger partial charge < -0.3 is 15.2 Å². The van der Waals surface area contributed by atoms with E-state index in [0.717, 1.165) is 13.0 Å². The van der Waals surface area contributed by atoms with Gasteiger partial charge in [0.25, 0.3) is 5.91 Å². The first-order valence-electron chi connectivity index (χ1n) is 7.23. The molecule has 0 aliphatic carbocycles. The van der Waals surface area contributed by atoms with E-state index < -0.39 is 5.97 Å². The average Bonchev–Trinajstić information content (AvgIpc) is 2.96. The second-order valence-electron chi connectivity index (χ2n) is 5.10. The van der Waals surface area contributed by atoms with Crippen molar-refractivity contribution >= 4 is 17.6 Å². The number of hydrogen-bond donors (Lipinski definition) is 2. The summed E-state index contributed by atoms with van der Waals surface area (Å²) in [6, 6.07) is 4.61. The highest BCUT2D eigenvalue weighted by molar-refractivity contribution is 6.04. The van der Waals surface area contributed by atoms with Gasteiger partial charge in [-0.05, 0) is 30.2 Å². The van der Waals surface area contributed by atoms with Crippen molar-refractivity contribution in [2.75, 3.05) is 12.4 Å². The molecule has 0 saturated carbocycles. The van der Waals surface area contributed by atoms with Crippen LogP contribution in [0.4, 0.5) is 5.69 Å². The molecule has 1 aromatic carbocycles. The summed E-state index contributed by atoms with van der Waals surface area (Å²) in [6.07, 6.45) is 4.07. The molecule has 0 aliphatic rings. The lowest BCUT2D eigenvalue weighted by atomic mass is 10.1. The van der Waals surface area contributed by atoms with Crippen LogP contribution in [0.25, 0.3) is 0 Å². The number of aryl methyl sites for hydroxylation is 1. The lowest BCUT2D eigenvalue weighted by Gasteiger charge is -2.08. The van der Waals surface area contributed by atoms with E-state index in [9.17, 15) is 9.59 Å². The zero-order valence-electron chi connectivity index (χ0n) is 13.1. The van der Waals surface area contributed by atoms with Crippen LogP contribution in [-0.2, 0) is 17.9 Å². The van der Waals surface area contributed by atoms with Crippen molar-refractivity contribution < 1.29 is 19.4 Å². The molecule has 0 fully saturated rings. The number of carboxylic acids is 1. The standard InChI is InChI=1S/C16H19N3O4/c1-3-4-19-9-13(8-17-19)15(20)18-14-6-11(10-23-2)5-12(7-14)16(21)22/h5-9H,3-4,10H2,1-2H3,(H,18,20)(H,21,22). The lowest BCUT2D eigenvalue weighted by Crippen LogP contribution is -2.12. The van der Waals surface area contributed by atoms with E-state index in [4.69, 9.17) is 9.84 Å². The molecule has 0 aliphatic heterocycles. The van der Waals surface area contributed by atoms with Gasteiger partial charge >= 0.3 is 5.97 Å². The predicted octanol–water partition coefficient (Wildman–Crippen LogP) is 2.39. The van der Waals surface area contributed by atoms with Crippen molar-refractivity contribution in [3.8, 4) is 0 Å². The summed E-state index contributed by atoms with van der Waals surface area (Å²) in [6.45, 7) is 3.02. The van der Waals surface area contributed by atoms with E-state index in [1.165, 1.54) is 25.4 Å². The van der Waals surface area contributed by atoms with Crippen LogP contribution < -0.4 is 5.32 Å². The number of nitrogens with zero attached hydrogens (tertiary/aromatic N) is 2. The highest BCUT2D eigenvalue weighted by Crippen LogP contribution is 2.17. The van der Waals surface area contributed by atoms with Gasteiger partial charge in [0.15, 0.2) is 0 Å². The second kappa shape index (κ2) is 7.55. The van der Waals surface area contributed by atoms with E-state index in [2.05, 4.69) is 10.4 Å². The summed E-state index contributed by atoms with van der Waals surface area (Å²) in [5, 5.41) is 15.9. The molecule has 0 spiro atoms. The largest absolute Gasteiger partial charge is 0.478 e. The molecule has 2 aromatic rings. The van der Waals surface area contributed by atoms with Gasteiger partial charge in [0.05, 0.1) is 23.9 Å². The number of hydrogen-bond acceptors (Lipinski definition) is 4. The number of ether oxygens (including phenoxy) is 1. The molecule has 7 heteroatoms. The summed E-state index contributed by atoms with van der Waals surface area (Å²) >= 11 is 0. The Morgan fingerprint density at radius 2 is 2.09 bits per heavy atom. The molecule has 0 saturated heterocycles. The molecule has 0 bridgehead atoms. The Morgan fingerprint density at radius 3 is 2.74 bits per heavy atom. The fraction of sp³-hybridized carbons (Fsp3) is 0.312. The smallest absolute Gasteiger partial charge is 0.335 e. The monoisotopic (exact) mass is 317 g/mol. The number of carbonyl (C=O) groups is 2. The first kappa shape index (κ1) is 16.7. The predicted molar refractivity (Wildman–Crippen MR) is 84.6 cm³/mol. The van der Waals surface area contributed by atoms with Crippen LogP contribution in [0.5, 0.6) is 0 Å². The van der Waals surface area contributed by atoms with Gasteiger partial charge in [-0.25, -0.2) is 4.79 Å². The van der Waals surface area contributed by atoms with Crippen molar-refractivity contribution in [1.82, 2.24) is 9.78 Å². The van der Waals surface area contributed by atoms with Crippen LogP contribution >= 0.6 is 0 Å². The summed E-state index contributed by atoms with van der Waals surface area (Å²) in [5.74, 6) is -1.40. The highest BCUT2D eigenvalue weighted by atomic mass is 16.5. The number of methoxy groups -OCH3 is 1. The molecular formula is C16H19N3O4. The fourth-order valence-corrected chi connectivity index (χ4v) is 2.17. The molecule has 0 unspecified atom stereocenters. The van der Waals surface area contributed by atoms with Gasteiger partial charge in [0.2, 0.25) is 0 Å². The van der Waals surface area contributed by atoms with Crippen LogP contribution in [-0.4, -0.2) is 33.9 Å². The van der Waals surface area contributed by atoms with Crippen molar-refractivity contribution in [3.63, 3.8) is 0 Å². The van der Waals surface area contributed by atoms with Crippen LogP contribution in [0.3, 0.4) is 0 Å². The maximum Gasteiger partial charge on any atom is 0.335 e. The van der Waals surface area contributed by atoms with Crippen molar-refractivity contribution in [1.29, 1.82) is 0 Å².